The number of nitrogens with one attached hydrogen (secondary N) is 1. The molecule has 1 saturated heterocycles. The van der Waals surface area contributed by atoms with E-state index in [-0.39, 0.29) is 17.6 Å². The highest BCUT2D eigenvalue weighted by atomic mass is 16.5. The van der Waals surface area contributed by atoms with Gasteiger partial charge in [-0.3, -0.25) is 4.79 Å². The van der Waals surface area contributed by atoms with Gasteiger partial charge in [0, 0.05) is 17.7 Å². The second-order valence-corrected chi connectivity index (χ2v) is 6.42. The molecule has 23 heavy (non-hydrogen) atoms. The third-order valence-electron chi connectivity index (χ3n) is 4.07. The average molecular weight is 314 g/mol. The largest absolute Gasteiger partial charge is 0.373 e. The fourth-order valence-electron chi connectivity index (χ4n) is 2.89. The summed E-state index contributed by atoms with van der Waals surface area (Å²) in [6.07, 6.45) is 2.37. The van der Waals surface area contributed by atoms with Crippen molar-refractivity contribution in [1.29, 1.82) is 0 Å². The molecule has 0 bridgehead atoms. The van der Waals surface area contributed by atoms with Crippen LogP contribution >= 0.6 is 0 Å². The minimum absolute atomic E-state index is 0.0696. The highest BCUT2D eigenvalue weighted by Gasteiger charge is 2.32. The molecule has 1 amide bonds. The molecule has 122 valence electrons. The molecule has 1 aliphatic rings. The second-order valence-electron chi connectivity index (χ2n) is 6.42. The van der Waals surface area contributed by atoms with Crippen molar-refractivity contribution in [3.63, 3.8) is 0 Å². The van der Waals surface area contributed by atoms with Crippen LogP contribution in [-0.4, -0.2) is 38.9 Å². The van der Waals surface area contributed by atoms with Gasteiger partial charge in [0.15, 0.2) is 5.82 Å². The van der Waals surface area contributed by atoms with E-state index in [1.807, 2.05) is 49.7 Å². The van der Waals surface area contributed by atoms with E-state index < -0.39 is 0 Å². The number of rotatable bonds is 4. The summed E-state index contributed by atoms with van der Waals surface area (Å²) in [5.41, 5.74) is 1.43. The molecule has 1 fully saturated rings. The summed E-state index contributed by atoms with van der Waals surface area (Å²) in [6, 6.07) is 7.52. The fraction of sp³-hybridized carbons (Fsp3) is 0.471. The summed E-state index contributed by atoms with van der Waals surface area (Å²) in [5.74, 6) is 0.741. The first-order chi connectivity index (χ1) is 11.0. The van der Waals surface area contributed by atoms with E-state index >= 15 is 0 Å². The molecule has 2 aromatic rings. The zero-order valence-corrected chi connectivity index (χ0v) is 13.7. The molecule has 6 nitrogen and oxygen atoms in total. The molecule has 0 spiro atoms. The molecule has 3 rings (SSSR count). The van der Waals surface area contributed by atoms with Crippen molar-refractivity contribution < 1.29 is 9.53 Å². The highest BCUT2D eigenvalue weighted by molar-refractivity contribution is 5.94. The minimum Gasteiger partial charge on any atom is -0.373 e. The van der Waals surface area contributed by atoms with E-state index in [0.717, 1.165) is 24.4 Å². The maximum atomic E-state index is 12.3. The first-order valence-corrected chi connectivity index (χ1v) is 7.91. The van der Waals surface area contributed by atoms with Crippen LogP contribution < -0.4 is 5.32 Å². The van der Waals surface area contributed by atoms with Crippen molar-refractivity contribution in [3.05, 3.63) is 36.2 Å². The van der Waals surface area contributed by atoms with Crippen molar-refractivity contribution in [2.75, 3.05) is 6.61 Å². The van der Waals surface area contributed by atoms with Gasteiger partial charge in [0.2, 0.25) is 0 Å². The van der Waals surface area contributed by atoms with E-state index in [1.54, 1.807) is 6.33 Å². The van der Waals surface area contributed by atoms with Gasteiger partial charge < -0.3 is 10.1 Å². The van der Waals surface area contributed by atoms with Gasteiger partial charge in [-0.1, -0.05) is 12.1 Å². The lowest BCUT2D eigenvalue weighted by atomic mass is 10.0. The molecule has 1 aliphatic heterocycles. The maximum absolute atomic E-state index is 12.3. The number of carbonyl (C=O) groups is 1. The molecule has 0 radical (unpaired) electrons. The topological polar surface area (TPSA) is 69.0 Å². The van der Waals surface area contributed by atoms with Gasteiger partial charge in [0.05, 0.1) is 18.2 Å². The Morgan fingerprint density at radius 3 is 2.74 bits per heavy atom. The van der Waals surface area contributed by atoms with Crippen LogP contribution in [0.2, 0.25) is 0 Å². The zero-order chi connectivity index (χ0) is 16.4. The van der Waals surface area contributed by atoms with Gasteiger partial charge in [0.25, 0.3) is 5.91 Å². The minimum atomic E-state index is -0.161. The SMILES string of the molecule is CCn1ncnc1-c1ccc(C(=O)N[C@@H]2COC(C)(C)C2)cc1. The zero-order valence-electron chi connectivity index (χ0n) is 13.7. The normalized spacial score (nSPS) is 19.7. The van der Waals surface area contributed by atoms with Gasteiger partial charge >= 0.3 is 0 Å². The Hall–Kier alpha value is -2.21. The van der Waals surface area contributed by atoms with E-state index in [2.05, 4.69) is 15.4 Å². The maximum Gasteiger partial charge on any atom is 0.251 e. The van der Waals surface area contributed by atoms with Crippen LogP contribution in [-0.2, 0) is 11.3 Å². The van der Waals surface area contributed by atoms with Crippen molar-refractivity contribution in [3.8, 4) is 11.4 Å². The highest BCUT2D eigenvalue weighted by Crippen LogP contribution is 2.24. The lowest BCUT2D eigenvalue weighted by Gasteiger charge is -2.16. The number of amides is 1. The van der Waals surface area contributed by atoms with Crippen molar-refractivity contribution >= 4 is 5.91 Å². The van der Waals surface area contributed by atoms with Crippen LogP contribution in [0.15, 0.2) is 30.6 Å². The number of carbonyl (C=O) groups excluding carboxylic acids is 1. The molecule has 6 heteroatoms. The quantitative estimate of drug-likeness (QED) is 0.940. The number of hydrogen-bond acceptors (Lipinski definition) is 4. The predicted octanol–water partition coefficient (Wildman–Crippen LogP) is 2.26. The molecular weight excluding hydrogens is 292 g/mol. The molecule has 0 aliphatic carbocycles. The van der Waals surface area contributed by atoms with Crippen LogP contribution in [0.25, 0.3) is 11.4 Å². The molecular formula is C17H22N4O2. The van der Waals surface area contributed by atoms with Gasteiger partial charge in [0.1, 0.15) is 6.33 Å². The Balaban J connectivity index is 1.69. The first-order valence-electron chi connectivity index (χ1n) is 7.91. The van der Waals surface area contributed by atoms with Gasteiger partial charge in [-0.15, -0.1) is 0 Å². The summed E-state index contributed by atoms with van der Waals surface area (Å²) in [4.78, 5) is 16.6. The number of benzene rings is 1. The summed E-state index contributed by atoms with van der Waals surface area (Å²) in [6.45, 7) is 7.42. The number of aromatic nitrogens is 3. The Bertz CT molecular complexity index is 691. The number of nitrogens with zero attached hydrogens (tertiary/aromatic N) is 3. The molecule has 1 aromatic carbocycles. The van der Waals surface area contributed by atoms with E-state index in [4.69, 9.17) is 4.74 Å². The molecule has 1 N–H and O–H groups in total. The fourth-order valence-corrected chi connectivity index (χ4v) is 2.89. The smallest absolute Gasteiger partial charge is 0.251 e. The third-order valence-corrected chi connectivity index (χ3v) is 4.07. The number of hydrogen-bond donors (Lipinski definition) is 1. The van der Waals surface area contributed by atoms with Crippen LogP contribution in [0.5, 0.6) is 0 Å². The van der Waals surface area contributed by atoms with E-state index in [0.29, 0.717) is 12.2 Å². The molecule has 0 saturated carbocycles. The van der Waals surface area contributed by atoms with Gasteiger partial charge in [-0.25, -0.2) is 9.67 Å². The number of ether oxygens (including phenoxy) is 1. The van der Waals surface area contributed by atoms with E-state index in [9.17, 15) is 4.79 Å². The van der Waals surface area contributed by atoms with Crippen molar-refractivity contribution in [2.24, 2.45) is 0 Å². The third kappa shape index (κ3) is 3.42. The van der Waals surface area contributed by atoms with Crippen LogP contribution in [0.1, 0.15) is 37.6 Å². The standard InChI is InChI=1S/C17H22N4O2/c1-4-21-15(18-11-19-21)12-5-7-13(8-6-12)16(22)20-14-9-17(2,3)23-10-14/h5-8,11,14H,4,9-10H2,1-3H3,(H,20,22)/t14-/m0/s1. The monoisotopic (exact) mass is 314 g/mol. The molecule has 1 atom stereocenters. The first kappa shape index (κ1) is 15.7. The van der Waals surface area contributed by atoms with Crippen LogP contribution in [0, 0.1) is 0 Å². The molecule has 0 unspecified atom stereocenters. The van der Waals surface area contributed by atoms with Gasteiger partial charge in [-0.2, -0.15) is 5.10 Å². The van der Waals surface area contributed by atoms with Gasteiger partial charge in [-0.05, 0) is 39.3 Å². The Morgan fingerprint density at radius 1 is 1.39 bits per heavy atom. The summed E-state index contributed by atoms with van der Waals surface area (Å²) in [5, 5.41) is 7.19. The Labute approximate surface area is 135 Å². The predicted molar refractivity (Wildman–Crippen MR) is 87.0 cm³/mol. The molecule has 1 aromatic heterocycles. The summed E-state index contributed by atoms with van der Waals surface area (Å²) >= 11 is 0. The summed E-state index contributed by atoms with van der Waals surface area (Å²) < 4.78 is 7.48. The Kier molecular flexibility index (Phi) is 4.17. The lowest BCUT2D eigenvalue weighted by molar-refractivity contribution is 0.0355. The van der Waals surface area contributed by atoms with Crippen molar-refractivity contribution in [1.82, 2.24) is 20.1 Å². The Morgan fingerprint density at radius 2 is 2.13 bits per heavy atom. The summed E-state index contributed by atoms with van der Waals surface area (Å²) in [7, 11) is 0. The van der Waals surface area contributed by atoms with Crippen LogP contribution in [0.4, 0.5) is 0 Å². The van der Waals surface area contributed by atoms with Crippen LogP contribution in [0.3, 0.4) is 0 Å². The van der Waals surface area contributed by atoms with E-state index in [1.165, 1.54) is 0 Å². The number of aryl methyl sites for hydroxylation is 1. The lowest BCUT2D eigenvalue weighted by Crippen LogP contribution is -2.35. The molecule has 2 heterocycles. The van der Waals surface area contributed by atoms with Crippen molar-refractivity contribution in [2.45, 2.75) is 45.4 Å². The second kappa shape index (κ2) is 6.12. The average Bonchev–Trinajstić information content (AvgIpc) is 3.13.